The third-order valence-electron chi connectivity index (χ3n) is 3.48. The Morgan fingerprint density at radius 1 is 1.40 bits per heavy atom. The third-order valence-corrected chi connectivity index (χ3v) is 3.89. The van der Waals surface area contributed by atoms with Crippen LogP contribution in [-0.4, -0.2) is 37.7 Å². The van der Waals surface area contributed by atoms with E-state index in [0.717, 1.165) is 24.3 Å². The standard InChI is InChI=1S/C15H21ClN2O2/c1-10-4-5-13(6-14(10)16)17-15(19)9-18-7-11(2)20-12(3)8-18/h4-6,11-12H,7-9H2,1-3H3,(H,17,19)/p+1/t11-,12-/m1/s1. The first-order valence-corrected chi connectivity index (χ1v) is 7.37. The predicted octanol–water partition coefficient (Wildman–Crippen LogP) is 1.28. The van der Waals surface area contributed by atoms with Crippen LogP contribution in [0, 0.1) is 6.92 Å². The Kier molecular flexibility index (Phi) is 5.02. The zero-order valence-electron chi connectivity index (χ0n) is 12.2. The number of rotatable bonds is 3. The van der Waals surface area contributed by atoms with Crippen molar-refractivity contribution in [2.24, 2.45) is 0 Å². The van der Waals surface area contributed by atoms with Gasteiger partial charge in [-0.15, -0.1) is 0 Å². The molecule has 0 radical (unpaired) electrons. The number of hydrogen-bond donors (Lipinski definition) is 2. The van der Waals surface area contributed by atoms with E-state index in [4.69, 9.17) is 16.3 Å². The van der Waals surface area contributed by atoms with Crippen LogP contribution in [0.3, 0.4) is 0 Å². The zero-order valence-corrected chi connectivity index (χ0v) is 13.0. The molecule has 1 aliphatic rings. The quantitative estimate of drug-likeness (QED) is 0.883. The molecule has 1 heterocycles. The van der Waals surface area contributed by atoms with Crippen molar-refractivity contribution >= 4 is 23.2 Å². The summed E-state index contributed by atoms with van der Waals surface area (Å²) in [6, 6.07) is 5.57. The Bertz CT molecular complexity index is 483. The number of ether oxygens (including phenoxy) is 1. The highest BCUT2D eigenvalue weighted by molar-refractivity contribution is 6.31. The lowest BCUT2D eigenvalue weighted by atomic mass is 10.2. The van der Waals surface area contributed by atoms with Crippen LogP contribution in [0.4, 0.5) is 5.69 Å². The van der Waals surface area contributed by atoms with Crippen molar-refractivity contribution in [1.82, 2.24) is 0 Å². The van der Waals surface area contributed by atoms with Gasteiger partial charge in [0.25, 0.3) is 5.91 Å². The van der Waals surface area contributed by atoms with Crippen molar-refractivity contribution in [3.8, 4) is 0 Å². The lowest BCUT2D eigenvalue weighted by molar-refractivity contribution is -0.907. The molecule has 5 heteroatoms. The van der Waals surface area contributed by atoms with E-state index in [1.165, 1.54) is 4.90 Å². The predicted molar refractivity (Wildman–Crippen MR) is 80.4 cm³/mol. The average Bonchev–Trinajstić information content (AvgIpc) is 2.32. The van der Waals surface area contributed by atoms with Gasteiger partial charge in [-0.2, -0.15) is 0 Å². The van der Waals surface area contributed by atoms with E-state index < -0.39 is 0 Å². The SMILES string of the molecule is Cc1ccc(NC(=O)C[NH+]2C[C@@H](C)O[C@H](C)C2)cc1Cl. The largest absolute Gasteiger partial charge is 0.364 e. The number of nitrogens with one attached hydrogen (secondary N) is 2. The van der Waals surface area contributed by atoms with Crippen LogP contribution in [0.1, 0.15) is 19.4 Å². The lowest BCUT2D eigenvalue weighted by Gasteiger charge is -2.31. The summed E-state index contributed by atoms with van der Waals surface area (Å²) in [6.45, 7) is 8.23. The highest BCUT2D eigenvalue weighted by Gasteiger charge is 2.27. The molecule has 20 heavy (non-hydrogen) atoms. The molecule has 0 aliphatic carbocycles. The monoisotopic (exact) mass is 297 g/mol. The number of quaternary nitrogens is 1. The molecule has 1 saturated heterocycles. The van der Waals surface area contributed by atoms with Gasteiger partial charge in [0.15, 0.2) is 6.54 Å². The van der Waals surface area contributed by atoms with Gasteiger partial charge in [-0.1, -0.05) is 17.7 Å². The number of carbonyl (C=O) groups excluding carboxylic acids is 1. The van der Waals surface area contributed by atoms with E-state index in [1.807, 2.05) is 32.9 Å². The maximum atomic E-state index is 12.1. The molecule has 4 nitrogen and oxygen atoms in total. The van der Waals surface area contributed by atoms with Crippen molar-refractivity contribution in [3.63, 3.8) is 0 Å². The third kappa shape index (κ3) is 4.20. The van der Waals surface area contributed by atoms with Crippen LogP contribution < -0.4 is 10.2 Å². The summed E-state index contributed by atoms with van der Waals surface area (Å²) < 4.78 is 5.68. The van der Waals surface area contributed by atoms with E-state index in [1.54, 1.807) is 6.07 Å². The van der Waals surface area contributed by atoms with Crippen molar-refractivity contribution in [2.45, 2.75) is 33.0 Å². The Labute approximate surface area is 125 Å². The molecule has 0 bridgehead atoms. The van der Waals surface area contributed by atoms with E-state index in [-0.39, 0.29) is 18.1 Å². The van der Waals surface area contributed by atoms with Crippen molar-refractivity contribution < 1.29 is 14.4 Å². The van der Waals surface area contributed by atoms with Crippen LogP contribution in [0.15, 0.2) is 18.2 Å². The molecule has 2 N–H and O–H groups in total. The Balaban J connectivity index is 1.90. The zero-order chi connectivity index (χ0) is 14.7. The second kappa shape index (κ2) is 6.57. The summed E-state index contributed by atoms with van der Waals surface area (Å²) in [5, 5.41) is 3.57. The number of amides is 1. The number of anilines is 1. The molecule has 0 spiro atoms. The number of carbonyl (C=O) groups is 1. The molecular weight excluding hydrogens is 276 g/mol. The first-order valence-electron chi connectivity index (χ1n) is 6.99. The smallest absolute Gasteiger partial charge is 0.279 e. The van der Waals surface area contributed by atoms with Crippen LogP contribution >= 0.6 is 11.6 Å². The topological polar surface area (TPSA) is 42.8 Å². The Hall–Kier alpha value is -1.10. The summed E-state index contributed by atoms with van der Waals surface area (Å²) >= 11 is 6.05. The number of morpholine rings is 1. The maximum Gasteiger partial charge on any atom is 0.279 e. The molecule has 1 aromatic carbocycles. The minimum Gasteiger partial charge on any atom is -0.364 e. The molecule has 0 aromatic heterocycles. The number of aryl methyl sites for hydroxylation is 1. The van der Waals surface area contributed by atoms with E-state index in [2.05, 4.69) is 5.32 Å². The Morgan fingerprint density at radius 3 is 2.65 bits per heavy atom. The molecular formula is C15H22ClN2O2+. The molecule has 110 valence electrons. The van der Waals surface area contributed by atoms with Crippen LogP contribution in [0.5, 0.6) is 0 Å². The molecule has 1 fully saturated rings. The fraction of sp³-hybridized carbons (Fsp3) is 0.533. The van der Waals surface area contributed by atoms with Gasteiger partial charge in [0.2, 0.25) is 0 Å². The number of halogens is 1. The minimum atomic E-state index is 0.0150. The average molecular weight is 298 g/mol. The summed E-state index contributed by atoms with van der Waals surface area (Å²) in [7, 11) is 0. The first-order chi connectivity index (χ1) is 9.44. The van der Waals surface area contributed by atoms with Crippen LogP contribution in [0.2, 0.25) is 5.02 Å². The lowest BCUT2D eigenvalue weighted by Crippen LogP contribution is -3.16. The highest BCUT2D eigenvalue weighted by Crippen LogP contribution is 2.19. The molecule has 0 saturated carbocycles. The van der Waals surface area contributed by atoms with Gasteiger partial charge in [-0.25, -0.2) is 0 Å². The molecule has 1 aromatic rings. The van der Waals surface area contributed by atoms with Gasteiger partial charge < -0.3 is 15.0 Å². The highest BCUT2D eigenvalue weighted by atomic mass is 35.5. The summed E-state index contributed by atoms with van der Waals surface area (Å²) in [5.41, 5.74) is 1.76. The molecule has 0 unspecified atom stereocenters. The normalized spacial score (nSPS) is 26.3. The van der Waals surface area contributed by atoms with Gasteiger partial charge in [0.1, 0.15) is 25.3 Å². The second-order valence-corrected chi connectivity index (χ2v) is 6.01. The first kappa shape index (κ1) is 15.3. The van der Waals surface area contributed by atoms with E-state index in [0.29, 0.717) is 11.6 Å². The van der Waals surface area contributed by atoms with Gasteiger partial charge >= 0.3 is 0 Å². The summed E-state index contributed by atoms with van der Waals surface area (Å²) in [6.07, 6.45) is 0.408. The maximum absolute atomic E-state index is 12.1. The van der Waals surface area contributed by atoms with Gasteiger partial charge in [-0.05, 0) is 38.5 Å². The summed E-state index contributed by atoms with van der Waals surface area (Å²) in [4.78, 5) is 13.3. The van der Waals surface area contributed by atoms with Gasteiger partial charge in [0, 0.05) is 10.7 Å². The van der Waals surface area contributed by atoms with Crippen LogP contribution in [0.25, 0.3) is 0 Å². The Morgan fingerprint density at radius 2 is 2.05 bits per heavy atom. The van der Waals surface area contributed by atoms with Crippen LogP contribution in [-0.2, 0) is 9.53 Å². The fourth-order valence-electron chi connectivity index (χ4n) is 2.64. The molecule has 1 aliphatic heterocycles. The minimum absolute atomic E-state index is 0.0150. The number of benzene rings is 1. The van der Waals surface area contributed by atoms with E-state index >= 15 is 0 Å². The molecule has 1 amide bonds. The molecule has 2 atom stereocenters. The van der Waals surface area contributed by atoms with Gasteiger partial charge in [0.05, 0.1) is 0 Å². The fourth-order valence-corrected chi connectivity index (χ4v) is 2.82. The second-order valence-electron chi connectivity index (χ2n) is 5.60. The molecule has 2 rings (SSSR count). The van der Waals surface area contributed by atoms with Crippen molar-refractivity contribution in [1.29, 1.82) is 0 Å². The van der Waals surface area contributed by atoms with E-state index in [9.17, 15) is 4.79 Å². The van der Waals surface area contributed by atoms with Crippen molar-refractivity contribution in [2.75, 3.05) is 25.0 Å². The van der Waals surface area contributed by atoms with Gasteiger partial charge in [-0.3, -0.25) is 4.79 Å². The van der Waals surface area contributed by atoms with Crippen molar-refractivity contribution in [3.05, 3.63) is 28.8 Å². The summed E-state index contributed by atoms with van der Waals surface area (Å²) in [5.74, 6) is 0.0150. The number of hydrogen-bond acceptors (Lipinski definition) is 2.